The van der Waals surface area contributed by atoms with Crippen molar-refractivity contribution in [1.29, 1.82) is 0 Å². The number of benzene rings is 1. The first-order valence-corrected chi connectivity index (χ1v) is 6.79. The van der Waals surface area contributed by atoms with Gasteiger partial charge in [-0.15, -0.1) is 0 Å². The molecule has 0 spiro atoms. The Morgan fingerprint density at radius 1 is 1.27 bits per heavy atom. The molecular weight excluding hydrogens is 365 g/mol. The fraction of sp³-hybridized carbons (Fsp3) is 0.143. The molecular formula is C14H10BrF3N2O2. The van der Waals surface area contributed by atoms with Crippen LogP contribution in [0.2, 0.25) is 0 Å². The molecule has 0 saturated heterocycles. The Kier molecular flexibility index (Phi) is 4.70. The Bertz CT molecular complexity index is 769. The monoisotopic (exact) mass is 374 g/mol. The molecule has 0 bridgehead atoms. The van der Waals surface area contributed by atoms with Crippen LogP contribution in [-0.4, -0.2) is 17.1 Å². The van der Waals surface area contributed by atoms with Gasteiger partial charge < -0.3 is 9.72 Å². The minimum absolute atomic E-state index is 0.0805. The van der Waals surface area contributed by atoms with E-state index in [9.17, 15) is 18.0 Å². The highest BCUT2D eigenvalue weighted by molar-refractivity contribution is 9.10. The number of hydrogen-bond acceptors (Lipinski definition) is 3. The van der Waals surface area contributed by atoms with E-state index in [-0.39, 0.29) is 5.69 Å². The summed E-state index contributed by atoms with van der Waals surface area (Å²) in [4.78, 5) is 16.3. The fourth-order valence-corrected chi connectivity index (χ4v) is 2.24. The molecule has 4 nitrogen and oxygen atoms in total. The number of H-pyrrole nitrogens is 1. The smallest absolute Gasteiger partial charge is 0.431 e. The van der Waals surface area contributed by atoms with Crippen molar-refractivity contribution < 1.29 is 17.9 Å². The zero-order valence-corrected chi connectivity index (χ0v) is 12.8. The van der Waals surface area contributed by atoms with Crippen LogP contribution in [0, 0.1) is 0 Å². The van der Waals surface area contributed by atoms with Crippen molar-refractivity contribution in [3.05, 3.63) is 56.2 Å². The van der Waals surface area contributed by atoms with Gasteiger partial charge in [0.05, 0.1) is 17.3 Å². The lowest BCUT2D eigenvalue weighted by Crippen LogP contribution is -2.19. The van der Waals surface area contributed by atoms with Crippen LogP contribution in [0.1, 0.15) is 17.0 Å². The standard InChI is InChI=1S/C14H10BrF3N2O2/c1-22-11-5-3-8(6-10(11)15)2-4-9-7-12(14(16,17)18)20-13(21)19-9/h2-7H,1H3,(H,19,20,21). The summed E-state index contributed by atoms with van der Waals surface area (Å²) < 4.78 is 43.6. The molecule has 0 atom stereocenters. The number of halogens is 4. The number of ether oxygens (including phenoxy) is 1. The summed E-state index contributed by atoms with van der Waals surface area (Å²) in [7, 11) is 1.52. The van der Waals surface area contributed by atoms with E-state index in [2.05, 4.69) is 20.9 Å². The van der Waals surface area contributed by atoms with Crippen molar-refractivity contribution in [3.63, 3.8) is 0 Å². The number of nitrogens with one attached hydrogen (secondary N) is 1. The van der Waals surface area contributed by atoms with E-state index in [1.165, 1.54) is 13.2 Å². The van der Waals surface area contributed by atoms with E-state index < -0.39 is 17.6 Å². The SMILES string of the molecule is COc1ccc(C=Cc2cc(C(F)(F)F)[nH]c(=O)n2)cc1Br. The lowest BCUT2D eigenvalue weighted by atomic mass is 10.2. The molecule has 116 valence electrons. The predicted octanol–water partition coefficient (Wildman–Crippen LogP) is 3.73. The van der Waals surface area contributed by atoms with Gasteiger partial charge in [-0.3, -0.25) is 0 Å². The van der Waals surface area contributed by atoms with Crippen molar-refractivity contribution in [1.82, 2.24) is 9.97 Å². The molecule has 0 saturated carbocycles. The van der Waals surface area contributed by atoms with Crippen LogP contribution in [-0.2, 0) is 6.18 Å². The molecule has 1 heterocycles. The van der Waals surface area contributed by atoms with Gasteiger partial charge in [-0.2, -0.15) is 18.2 Å². The third kappa shape index (κ3) is 3.97. The van der Waals surface area contributed by atoms with Crippen LogP contribution in [0.25, 0.3) is 12.2 Å². The topological polar surface area (TPSA) is 55.0 Å². The molecule has 2 aromatic rings. The molecule has 0 fully saturated rings. The first-order valence-electron chi connectivity index (χ1n) is 6.00. The maximum absolute atomic E-state index is 12.6. The maximum atomic E-state index is 12.6. The van der Waals surface area contributed by atoms with E-state index in [0.717, 1.165) is 6.07 Å². The maximum Gasteiger partial charge on any atom is 0.431 e. The lowest BCUT2D eigenvalue weighted by Gasteiger charge is -2.06. The third-order valence-corrected chi connectivity index (χ3v) is 3.31. The first kappa shape index (κ1) is 16.3. The van der Waals surface area contributed by atoms with E-state index in [1.54, 1.807) is 29.3 Å². The number of aromatic amines is 1. The van der Waals surface area contributed by atoms with Gasteiger partial charge in [0.1, 0.15) is 11.4 Å². The molecule has 0 amide bonds. The van der Waals surface area contributed by atoms with E-state index in [4.69, 9.17) is 4.74 Å². The Balaban J connectivity index is 2.32. The number of aromatic nitrogens is 2. The van der Waals surface area contributed by atoms with Gasteiger partial charge in [0.2, 0.25) is 0 Å². The number of rotatable bonds is 3. The minimum atomic E-state index is -4.63. The fourth-order valence-electron chi connectivity index (χ4n) is 1.68. The second kappa shape index (κ2) is 6.35. The van der Waals surface area contributed by atoms with Gasteiger partial charge in [0.15, 0.2) is 0 Å². The first-order chi connectivity index (χ1) is 10.3. The lowest BCUT2D eigenvalue weighted by molar-refractivity contribution is -0.141. The summed E-state index contributed by atoms with van der Waals surface area (Å²) >= 11 is 3.30. The summed E-state index contributed by atoms with van der Waals surface area (Å²) in [6, 6.07) is 5.93. The van der Waals surface area contributed by atoms with Crippen LogP contribution < -0.4 is 10.4 Å². The highest BCUT2D eigenvalue weighted by Crippen LogP contribution is 2.28. The van der Waals surface area contributed by atoms with Gasteiger partial charge in [-0.1, -0.05) is 12.1 Å². The molecule has 0 aliphatic carbocycles. The normalized spacial score (nSPS) is 11.9. The molecule has 2 rings (SSSR count). The van der Waals surface area contributed by atoms with Crippen LogP contribution in [0.15, 0.2) is 33.5 Å². The van der Waals surface area contributed by atoms with Gasteiger partial charge in [-0.25, -0.2) is 4.79 Å². The van der Waals surface area contributed by atoms with E-state index in [1.807, 2.05) is 0 Å². The Morgan fingerprint density at radius 2 is 2.00 bits per heavy atom. The summed E-state index contributed by atoms with van der Waals surface area (Å²) in [5.41, 5.74) is -1.56. The predicted molar refractivity (Wildman–Crippen MR) is 79.5 cm³/mol. The number of methoxy groups -OCH3 is 1. The van der Waals surface area contributed by atoms with Gasteiger partial charge in [0, 0.05) is 0 Å². The van der Waals surface area contributed by atoms with Crippen molar-refractivity contribution in [2.24, 2.45) is 0 Å². The second-order valence-corrected chi connectivity index (χ2v) is 5.10. The molecule has 0 unspecified atom stereocenters. The highest BCUT2D eigenvalue weighted by Gasteiger charge is 2.32. The van der Waals surface area contributed by atoms with Gasteiger partial charge in [-0.05, 0) is 45.8 Å². The van der Waals surface area contributed by atoms with Gasteiger partial charge >= 0.3 is 11.9 Å². The number of nitrogens with zero attached hydrogens (tertiary/aromatic N) is 1. The number of hydrogen-bond donors (Lipinski definition) is 1. The van der Waals surface area contributed by atoms with E-state index >= 15 is 0 Å². The number of alkyl halides is 3. The molecule has 1 aromatic heterocycles. The minimum Gasteiger partial charge on any atom is -0.496 e. The van der Waals surface area contributed by atoms with Crippen LogP contribution >= 0.6 is 15.9 Å². The Hall–Kier alpha value is -2.09. The zero-order valence-electron chi connectivity index (χ0n) is 11.2. The van der Waals surface area contributed by atoms with E-state index in [0.29, 0.717) is 15.8 Å². The quantitative estimate of drug-likeness (QED) is 0.890. The molecule has 8 heteroatoms. The average molecular weight is 375 g/mol. The van der Waals surface area contributed by atoms with Crippen molar-refractivity contribution >= 4 is 28.1 Å². The molecule has 1 N–H and O–H groups in total. The van der Waals surface area contributed by atoms with Crippen LogP contribution in [0.5, 0.6) is 5.75 Å². The highest BCUT2D eigenvalue weighted by atomic mass is 79.9. The summed E-state index contributed by atoms with van der Waals surface area (Å²) in [5, 5.41) is 0. The molecule has 22 heavy (non-hydrogen) atoms. The summed E-state index contributed by atoms with van der Waals surface area (Å²) in [5.74, 6) is 0.630. The zero-order chi connectivity index (χ0) is 16.3. The summed E-state index contributed by atoms with van der Waals surface area (Å²) in [6.45, 7) is 0. The Labute approximate surface area is 131 Å². The average Bonchev–Trinajstić information content (AvgIpc) is 2.44. The van der Waals surface area contributed by atoms with Crippen molar-refractivity contribution in [2.75, 3.05) is 7.11 Å². The third-order valence-electron chi connectivity index (χ3n) is 2.69. The molecule has 0 aliphatic rings. The summed E-state index contributed by atoms with van der Waals surface area (Å²) in [6.07, 6.45) is -1.75. The van der Waals surface area contributed by atoms with Crippen molar-refractivity contribution in [2.45, 2.75) is 6.18 Å². The second-order valence-electron chi connectivity index (χ2n) is 4.25. The largest absolute Gasteiger partial charge is 0.496 e. The van der Waals surface area contributed by atoms with Gasteiger partial charge in [0.25, 0.3) is 0 Å². The molecule has 0 aliphatic heterocycles. The molecule has 0 radical (unpaired) electrons. The molecule has 1 aromatic carbocycles. The van der Waals surface area contributed by atoms with Crippen LogP contribution in [0.3, 0.4) is 0 Å². The Morgan fingerprint density at radius 3 is 2.59 bits per heavy atom. The van der Waals surface area contributed by atoms with Crippen molar-refractivity contribution in [3.8, 4) is 5.75 Å². The van der Waals surface area contributed by atoms with Crippen LogP contribution in [0.4, 0.5) is 13.2 Å².